The summed E-state index contributed by atoms with van der Waals surface area (Å²) in [5, 5.41) is 7.08. The van der Waals surface area contributed by atoms with E-state index in [-0.39, 0.29) is 0 Å². The van der Waals surface area contributed by atoms with Crippen molar-refractivity contribution in [1.29, 1.82) is 0 Å². The van der Waals surface area contributed by atoms with Gasteiger partial charge in [-0.1, -0.05) is 6.07 Å². The SMILES string of the molecule is Cc1ccc(NC(=S)NCCSCc2ccco2)cc1C. The number of benzene rings is 1. The summed E-state index contributed by atoms with van der Waals surface area (Å²) >= 11 is 7.11. The molecule has 1 aromatic heterocycles. The quantitative estimate of drug-likeness (QED) is 0.619. The van der Waals surface area contributed by atoms with E-state index in [9.17, 15) is 0 Å². The Morgan fingerprint density at radius 2 is 2.10 bits per heavy atom. The number of thioether (sulfide) groups is 1. The Kier molecular flexibility index (Phi) is 6.14. The normalized spacial score (nSPS) is 10.4. The first kappa shape index (κ1) is 15.9. The fourth-order valence-electron chi connectivity index (χ4n) is 1.80. The van der Waals surface area contributed by atoms with E-state index >= 15 is 0 Å². The van der Waals surface area contributed by atoms with Crippen molar-refractivity contribution in [2.24, 2.45) is 0 Å². The Bertz CT molecular complexity index is 582. The van der Waals surface area contributed by atoms with Crippen molar-refractivity contribution in [2.75, 3.05) is 17.6 Å². The summed E-state index contributed by atoms with van der Waals surface area (Å²) in [6.07, 6.45) is 1.71. The Hall–Kier alpha value is -1.46. The number of furan rings is 1. The number of nitrogens with one attached hydrogen (secondary N) is 2. The molecule has 0 fully saturated rings. The minimum atomic E-state index is 0.664. The molecule has 0 radical (unpaired) electrons. The number of thiocarbonyl (C=S) groups is 1. The third-order valence-corrected chi connectivity index (χ3v) is 4.35. The number of hydrogen-bond acceptors (Lipinski definition) is 3. The van der Waals surface area contributed by atoms with E-state index in [1.54, 1.807) is 6.26 Å². The minimum absolute atomic E-state index is 0.664. The van der Waals surface area contributed by atoms with Crippen molar-refractivity contribution < 1.29 is 4.42 Å². The molecule has 0 aliphatic rings. The molecule has 21 heavy (non-hydrogen) atoms. The zero-order chi connectivity index (χ0) is 15.1. The predicted molar refractivity (Wildman–Crippen MR) is 95.0 cm³/mol. The van der Waals surface area contributed by atoms with E-state index in [4.69, 9.17) is 16.6 Å². The highest BCUT2D eigenvalue weighted by atomic mass is 32.2. The molecule has 1 aromatic carbocycles. The van der Waals surface area contributed by atoms with Crippen LogP contribution in [0.2, 0.25) is 0 Å². The van der Waals surface area contributed by atoms with Crippen LogP contribution in [0.1, 0.15) is 16.9 Å². The molecule has 0 atom stereocenters. The van der Waals surface area contributed by atoms with E-state index in [1.165, 1.54) is 11.1 Å². The van der Waals surface area contributed by atoms with E-state index in [0.717, 1.165) is 29.5 Å². The summed E-state index contributed by atoms with van der Waals surface area (Å²) in [5.74, 6) is 2.89. The van der Waals surface area contributed by atoms with Crippen LogP contribution in [0.15, 0.2) is 41.0 Å². The molecule has 5 heteroatoms. The van der Waals surface area contributed by atoms with Gasteiger partial charge < -0.3 is 15.1 Å². The molecular weight excluding hydrogens is 300 g/mol. The molecule has 0 unspecified atom stereocenters. The van der Waals surface area contributed by atoms with Crippen molar-refractivity contribution in [1.82, 2.24) is 5.32 Å². The maximum absolute atomic E-state index is 5.29. The van der Waals surface area contributed by atoms with Crippen LogP contribution < -0.4 is 10.6 Å². The molecule has 0 saturated heterocycles. The molecule has 0 spiro atoms. The summed E-state index contributed by atoms with van der Waals surface area (Å²) in [6, 6.07) is 10.2. The van der Waals surface area contributed by atoms with E-state index < -0.39 is 0 Å². The van der Waals surface area contributed by atoms with Gasteiger partial charge in [0.15, 0.2) is 5.11 Å². The number of hydrogen-bond donors (Lipinski definition) is 2. The van der Waals surface area contributed by atoms with Crippen LogP contribution in [0.3, 0.4) is 0 Å². The summed E-state index contributed by atoms with van der Waals surface area (Å²) in [5.41, 5.74) is 3.57. The Morgan fingerprint density at radius 1 is 1.24 bits per heavy atom. The molecule has 3 nitrogen and oxygen atoms in total. The van der Waals surface area contributed by atoms with Gasteiger partial charge in [0.1, 0.15) is 5.76 Å². The van der Waals surface area contributed by atoms with E-state index in [0.29, 0.717) is 5.11 Å². The maximum atomic E-state index is 5.29. The standard InChI is InChI=1S/C16H20N2OS2/c1-12-5-6-14(10-13(12)2)18-16(20)17-7-9-21-11-15-4-3-8-19-15/h3-6,8,10H,7,9,11H2,1-2H3,(H2,17,18,20). The zero-order valence-corrected chi connectivity index (χ0v) is 13.9. The van der Waals surface area contributed by atoms with Crippen LogP contribution in [0.4, 0.5) is 5.69 Å². The minimum Gasteiger partial charge on any atom is -0.468 e. The molecule has 2 aromatic rings. The molecule has 0 saturated carbocycles. The fraction of sp³-hybridized carbons (Fsp3) is 0.312. The molecule has 0 bridgehead atoms. The molecule has 0 aliphatic carbocycles. The molecule has 2 rings (SSSR count). The van der Waals surface area contributed by atoms with Crippen molar-refractivity contribution >= 4 is 34.8 Å². The maximum Gasteiger partial charge on any atom is 0.170 e. The van der Waals surface area contributed by atoms with Gasteiger partial charge in [0.2, 0.25) is 0 Å². The smallest absolute Gasteiger partial charge is 0.170 e. The Balaban J connectivity index is 1.64. The average molecular weight is 320 g/mol. The van der Waals surface area contributed by atoms with Crippen molar-refractivity contribution in [3.05, 3.63) is 53.5 Å². The van der Waals surface area contributed by atoms with Crippen LogP contribution in [0, 0.1) is 13.8 Å². The fourth-order valence-corrected chi connectivity index (χ4v) is 2.77. The van der Waals surface area contributed by atoms with Crippen molar-refractivity contribution in [3.8, 4) is 0 Å². The molecule has 1 heterocycles. The lowest BCUT2D eigenvalue weighted by Crippen LogP contribution is -2.30. The second kappa shape index (κ2) is 8.10. The molecule has 0 aliphatic heterocycles. The monoisotopic (exact) mass is 320 g/mol. The highest BCUT2D eigenvalue weighted by Gasteiger charge is 2.00. The van der Waals surface area contributed by atoms with E-state index in [2.05, 4.69) is 36.6 Å². The summed E-state index contributed by atoms with van der Waals surface area (Å²) in [7, 11) is 0. The Labute approximate surface area is 135 Å². The van der Waals surface area contributed by atoms with Crippen LogP contribution in [-0.4, -0.2) is 17.4 Å². The molecule has 112 valence electrons. The van der Waals surface area contributed by atoms with Gasteiger partial charge >= 0.3 is 0 Å². The third kappa shape index (κ3) is 5.44. The molecular formula is C16H20N2OS2. The topological polar surface area (TPSA) is 37.2 Å². The summed E-state index contributed by atoms with van der Waals surface area (Å²) in [4.78, 5) is 0. The first-order chi connectivity index (χ1) is 10.1. The van der Waals surface area contributed by atoms with Crippen LogP contribution in [0.5, 0.6) is 0 Å². The number of rotatable bonds is 6. The zero-order valence-electron chi connectivity index (χ0n) is 12.3. The molecule has 0 amide bonds. The van der Waals surface area contributed by atoms with Gasteiger partial charge in [-0.05, 0) is 61.5 Å². The lowest BCUT2D eigenvalue weighted by atomic mass is 10.1. The molecule has 2 N–H and O–H groups in total. The first-order valence-electron chi connectivity index (χ1n) is 6.87. The van der Waals surface area contributed by atoms with Gasteiger partial charge in [-0.2, -0.15) is 11.8 Å². The van der Waals surface area contributed by atoms with Gasteiger partial charge in [-0.15, -0.1) is 0 Å². The highest BCUT2D eigenvalue weighted by Crippen LogP contribution is 2.14. The van der Waals surface area contributed by atoms with Crippen LogP contribution in [0.25, 0.3) is 0 Å². The van der Waals surface area contributed by atoms with Crippen LogP contribution in [-0.2, 0) is 5.75 Å². The largest absolute Gasteiger partial charge is 0.468 e. The Morgan fingerprint density at radius 3 is 2.81 bits per heavy atom. The second-order valence-electron chi connectivity index (χ2n) is 4.81. The lowest BCUT2D eigenvalue weighted by Gasteiger charge is -2.11. The van der Waals surface area contributed by atoms with Crippen molar-refractivity contribution in [2.45, 2.75) is 19.6 Å². The second-order valence-corrected chi connectivity index (χ2v) is 6.33. The first-order valence-corrected chi connectivity index (χ1v) is 8.43. The number of aryl methyl sites for hydroxylation is 2. The highest BCUT2D eigenvalue weighted by molar-refractivity contribution is 7.98. The average Bonchev–Trinajstić information content (AvgIpc) is 2.96. The lowest BCUT2D eigenvalue weighted by molar-refractivity contribution is 0.530. The number of anilines is 1. The predicted octanol–water partition coefficient (Wildman–Crippen LogP) is 4.12. The van der Waals surface area contributed by atoms with Gasteiger partial charge in [-0.3, -0.25) is 0 Å². The van der Waals surface area contributed by atoms with Gasteiger partial charge in [-0.25, -0.2) is 0 Å². The van der Waals surface area contributed by atoms with Gasteiger partial charge in [0.05, 0.1) is 12.0 Å². The van der Waals surface area contributed by atoms with Gasteiger partial charge in [0.25, 0.3) is 0 Å². The van der Waals surface area contributed by atoms with E-state index in [1.807, 2.05) is 30.0 Å². The van der Waals surface area contributed by atoms with Gasteiger partial charge in [0, 0.05) is 18.0 Å². The van der Waals surface area contributed by atoms with Crippen molar-refractivity contribution in [3.63, 3.8) is 0 Å². The summed E-state index contributed by atoms with van der Waals surface area (Å²) in [6.45, 7) is 5.04. The van der Waals surface area contributed by atoms with Crippen LogP contribution >= 0.6 is 24.0 Å². The third-order valence-electron chi connectivity index (χ3n) is 3.12. The summed E-state index contributed by atoms with van der Waals surface area (Å²) < 4.78 is 5.28.